The minimum atomic E-state index is -0.807. The van der Waals surface area contributed by atoms with Gasteiger partial charge in [0.1, 0.15) is 13.2 Å². The van der Waals surface area contributed by atoms with Crippen LogP contribution in [-0.2, 0) is 28.6 Å². The van der Waals surface area contributed by atoms with Crippen LogP contribution in [0.15, 0.2) is 85.1 Å². The number of hydrogen-bond donors (Lipinski definition) is 0. The van der Waals surface area contributed by atoms with Crippen LogP contribution in [0, 0.1) is 0 Å². The van der Waals surface area contributed by atoms with E-state index < -0.39 is 6.10 Å². The number of rotatable bonds is 45. The standard InChI is InChI=1S/C56H94O6/c1-4-7-10-13-16-19-22-25-26-27-28-29-30-32-35-37-40-43-46-49-55(58)61-52-53(62-56(59)50-47-44-41-38-33-24-21-18-15-12-9-6-3)51-60-54(57)48-45-42-39-36-34-31-23-20-17-14-11-8-5-2/h7,10,16,19-20,23,25-26,28-29,32,35,40,43,53H,4-6,8-9,11-15,17-18,21-22,24,27,30-31,33-34,36-39,41-42,44-52H2,1-3H3/b10-7-,19-16-,23-20-,26-25-,29-28-,35-32-,43-40-/t53-/m0/s1. The van der Waals surface area contributed by atoms with E-state index in [2.05, 4.69) is 99.8 Å². The number of hydrogen-bond acceptors (Lipinski definition) is 6. The lowest BCUT2D eigenvalue weighted by molar-refractivity contribution is -0.166. The van der Waals surface area contributed by atoms with E-state index in [0.717, 1.165) is 89.9 Å². The zero-order valence-electron chi connectivity index (χ0n) is 40.4. The van der Waals surface area contributed by atoms with Gasteiger partial charge in [-0.05, 0) is 83.5 Å². The zero-order chi connectivity index (χ0) is 45.1. The molecule has 0 rings (SSSR count). The molecule has 0 heterocycles. The predicted molar refractivity (Wildman–Crippen MR) is 265 cm³/mol. The summed E-state index contributed by atoms with van der Waals surface area (Å²) in [5, 5.41) is 0. The van der Waals surface area contributed by atoms with E-state index in [-0.39, 0.29) is 37.5 Å². The van der Waals surface area contributed by atoms with E-state index in [1.165, 1.54) is 96.3 Å². The van der Waals surface area contributed by atoms with E-state index >= 15 is 0 Å². The van der Waals surface area contributed by atoms with Gasteiger partial charge in [0.2, 0.25) is 0 Å². The number of allylic oxidation sites excluding steroid dienone is 14. The van der Waals surface area contributed by atoms with Crippen LogP contribution in [-0.4, -0.2) is 37.2 Å². The summed E-state index contributed by atoms with van der Waals surface area (Å²) >= 11 is 0. The Bertz CT molecular complexity index is 1220. The summed E-state index contributed by atoms with van der Waals surface area (Å²) in [5.41, 5.74) is 0. The first-order chi connectivity index (χ1) is 30.5. The third-order valence-electron chi connectivity index (χ3n) is 10.6. The van der Waals surface area contributed by atoms with E-state index in [9.17, 15) is 14.4 Å². The summed E-state index contributed by atoms with van der Waals surface area (Å²) in [6, 6.07) is 0. The van der Waals surface area contributed by atoms with Gasteiger partial charge in [0.05, 0.1) is 0 Å². The van der Waals surface area contributed by atoms with Gasteiger partial charge >= 0.3 is 17.9 Å². The maximum atomic E-state index is 12.8. The summed E-state index contributed by atoms with van der Waals surface area (Å²) in [7, 11) is 0. The molecular weight excluding hydrogens is 769 g/mol. The van der Waals surface area contributed by atoms with Crippen LogP contribution in [0.4, 0.5) is 0 Å². The van der Waals surface area contributed by atoms with Crippen molar-refractivity contribution < 1.29 is 28.6 Å². The molecule has 0 aliphatic heterocycles. The Morgan fingerprint density at radius 1 is 0.339 bits per heavy atom. The Kier molecular flexibility index (Phi) is 47.5. The lowest BCUT2D eigenvalue weighted by Gasteiger charge is -2.18. The fraction of sp³-hybridized carbons (Fsp3) is 0.696. The first kappa shape index (κ1) is 58.6. The Morgan fingerprint density at radius 3 is 1.10 bits per heavy atom. The fourth-order valence-corrected chi connectivity index (χ4v) is 6.81. The molecule has 0 spiro atoms. The third-order valence-corrected chi connectivity index (χ3v) is 10.6. The lowest BCUT2D eigenvalue weighted by Crippen LogP contribution is -2.30. The van der Waals surface area contributed by atoms with Crippen molar-refractivity contribution in [3.05, 3.63) is 85.1 Å². The average Bonchev–Trinajstić information content (AvgIpc) is 3.27. The molecule has 0 aromatic carbocycles. The molecule has 0 aliphatic rings. The quantitative estimate of drug-likeness (QED) is 0.0263. The van der Waals surface area contributed by atoms with Gasteiger partial charge in [-0.2, -0.15) is 0 Å². The molecule has 0 radical (unpaired) electrons. The third kappa shape index (κ3) is 47.6. The molecule has 0 aromatic heterocycles. The van der Waals surface area contributed by atoms with E-state index in [1.54, 1.807) is 0 Å². The second-order valence-corrected chi connectivity index (χ2v) is 16.7. The topological polar surface area (TPSA) is 78.9 Å². The molecule has 0 fully saturated rings. The van der Waals surface area contributed by atoms with Crippen molar-refractivity contribution in [2.75, 3.05) is 13.2 Å². The van der Waals surface area contributed by atoms with Gasteiger partial charge in [-0.15, -0.1) is 0 Å². The molecule has 0 saturated heterocycles. The van der Waals surface area contributed by atoms with Crippen LogP contribution in [0.5, 0.6) is 0 Å². The van der Waals surface area contributed by atoms with E-state index in [1.807, 2.05) is 6.08 Å². The van der Waals surface area contributed by atoms with Crippen LogP contribution < -0.4 is 0 Å². The zero-order valence-corrected chi connectivity index (χ0v) is 40.4. The first-order valence-corrected chi connectivity index (χ1v) is 25.6. The monoisotopic (exact) mass is 863 g/mol. The van der Waals surface area contributed by atoms with Gasteiger partial charge in [0.15, 0.2) is 6.10 Å². The summed E-state index contributed by atoms with van der Waals surface area (Å²) in [6.45, 7) is 6.43. The lowest BCUT2D eigenvalue weighted by atomic mass is 10.0. The Labute approximate surface area is 382 Å². The highest BCUT2D eigenvalue weighted by Crippen LogP contribution is 2.14. The van der Waals surface area contributed by atoms with Gasteiger partial charge < -0.3 is 14.2 Å². The SMILES string of the molecule is CC/C=C\C/C=C\C/C=C\C/C=C\C/C=C\C/C=C\CCC(=O)OC[C@H](COC(=O)CCCCCCC/C=C\CCCCCC)OC(=O)CCCCCCCCCCCCCC. The number of carbonyl (C=O) groups is 3. The minimum Gasteiger partial charge on any atom is -0.462 e. The van der Waals surface area contributed by atoms with Crippen molar-refractivity contribution in [2.45, 2.75) is 239 Å². The average molecular weight is 863 g/mol. The second kappa shape index (κ2) is 50.2. The van der Waals surface area contributed by atoms with Crippen molar-refractivity contribution in [1.29, 1.82) is 0 Å². The first-order valence-electron chi connectivity index (χ1n) is 25.6. The van der Waals surface area contributed by atoms with Gasteiger partial charge in [-0.25, -0.2) is 0 Å². The van der Waals surface area contributed by atoms with Crippen LogP contribution in [0.3, 0.4) is 0 Å². The summed E-state index contributed by atoms with van der Waals surface area (Å²) in [6.07, 6.45) is 64.3. The smallest absolute Gasteiger partial charge is 0.306 e. The molecule has 0 saturated carbocycles. The number of ether oxygens (including phenoxy) is 3. The van der Waals surface area contributed by atoms with Gasteiger partial charge in [0, 0.05) is 19.3 Å². The van der Waals surface area contributed by atoms with E-state index in [0.29, 0.717) is 19.3 Å². The molecule has 62 heavy (non-hydrogen) atoms. The molecule has 1 atom stereocenters. The van der Waals surface area contributed by atoms with Crippen molar-refractivity contribution in [3.8, 4) is 0 Å². The largest absolute Gasteiger partial charge is 0.462 e. The van der Waals surface area contributed by atoms with Crippen molar-refractivity contribution in [1.82, 2.24) is 0 Å². The summed E-state index contributed by atoms with van der Waals surface area (Å²) in [4.78, 5) is 37.9. The molecule has 0 bridgehead atoms. The molecule has 6 nitrogen and oxygen atoms in total. The molecule has 0 N–H and O–H groups in total. The predicted octanol–water partition coefficient (Wildman–Crippen LogP) is 16.8. The Morgan fingerprint density at radius 2 is 0.661 bits per heavy atom. The van der Waals surface area contributed by atoms with Crippen LogP contribution in [0.2, 0.25) is 0 Å². The summed E-state index contributed by atoms with van der Waals surface area (Å²) < 4.78 is 16.7. The number of unbranched alkanes of at least 4 members (excludes halogenated alkanes) is 20. The van der Waals surface area contributed by atoms with E-state index in [4.69, 9.17) is 14.2 Å². The van der Waals surface area contributed by atoms with Crippen LogP contribution in [0.25, 0.3) is 0 Å². The Hall–Kier alpha value is -3.41. The molecule has 0 unspecified atom stereocenters. The highest BCUT2D eigenvalue weighted by molar-refractivity contribution is 5.71. The maximum absolute atomic E-state index is 12.8. The van der Waals surface area contributed by atoms with Crippen LogP contribution in [0.1, 0.15) is 233 Å². The van der Waals surface area contributed by atoms with Gasteiger partial charge in [-0.1, -0.05) is 215 Å². The van der Waals surface area contributed by atoms with Crippen molar-refractivity contribution in [3.63, 3.8) is 0 Å². The normalized spacial score (nSPS) is 12.8. The molecule has 354 valence electrons. The molecule has 0 aromatic rings. The minimum absolute atomic E-state index is 0.103. The maximum Gasteiger partial charge on any atom is 0.306 e. The second-order valence-electron chi connectivity index (χ2n) is 16.7. The van der Waals surface area contributed by atoms with Gasteiger partial charge in [-0.3, -0.25) is 14.4 Å². The number of carbonyl (C=O) groups excluding carboxylic acids is 3. The van der Waals surface area contributed by atoms with Gasteiger partial charge in [0.25, 0.3) is 0 Å². The Balaban J connectivity index is 4.49. The van der Waals surface area contributed by atoms with Crippen molar-refractivity contribution in [2.24, 2.45) is 0 Å². The summed E-state index contributed by atoms with van der Waals surface area (Å²) in [5.74, 6) is -0.999. The highest BCUT2D eigenvalue weighted by atomic mass is 16.6. The molecule has 6 heteroatoms. The highest BCUT2D eigenvalue weighted by Gasteiger charge is 2.19. The molecular formula is C56H94O6. The molecule has 0 aliphatic carbocycles. The van der Waals surface area contributed by atoms with Crippen LogP contribution >= 0.6 is 0 Å². The number of esters is 3. The molecule has 0 amide bonds. The van der Waals surface area contributed by atoms with Crippen molar-refractivity contribution >= 4 is 17.9 Å². The fourth-order valence-electron chi connectivity index (χ4n) is 6.81.